The minimum absolute atomic E-state index is 0.126. The van der Waals surface area contributed by atoms with E-state index < -0.39 is 0 Å². The van der Waals surface area contributed by atoms with Crippen LogP contribution in [-0.4, -0.2) is 36.3 Å². The van der Waals surface area contributed by atoms with E-state index in [0.717, 1.165) is 17.3 Å². The minimum Gasteiger partial charge on any atom is -0.493 e. The molecule has 1 aliphatic heterocycles. The van der Waals surface area contributed by atoms with Crippen LogP contribution in [0.25, 0.3) is 6.08 Å². The average Bonchev–Trinajstić information content (AvgIpc) is 3.11. The van der Waals surface area contributed by atoms with E-state index >= 15 is 0 Å². The number of methoxy groups -OCH3 is 1. The van der Waals surface area contributed by atoms with Crippen LogP contribution in [0.1, 0.15) is 11.1 Å². The summed E-state index contributed by atoms with van der Waals surface area (Å²) in [5.41, 5.74) is 1.50. The Labute approximate surface area is 217 Å². The lowest BCUT2D eigenvalue weighted by Gasteiger charge is -2.14. The van der Waals surface area contributed by atoms with Gasteiger partial charge in [-0.15, -0.1) is 0 Å². The molecule has 0 atom stereocenters. The summed E-state index contributed by atoms with van der Waals surface area (Å²) in [5, 5.41) is 0.854. The molecule has 9 heteroatoms. The van der Waals surface area contributed by atoms with Crippen molar-refractivity contribution in [3.8, 4) is 17.2 Å². The number of imide groups is 1. The lowest BCUT2D eigenvalue weighted by atomic mass is 10.1. The van der Waals surface area contributed by atoms with Gasteiger partial charge < -0.3 is 14.2 Å². The van der Waals surface area contributed by atoms with Gasteiger partial charge in [-0.2, -0.15) is 0 Å². The summed E-state index contributed by atoms with van der Waals surface area (Å²) < 4.78 is 17.1. The van der Waals surface area contributed by atoms with Crippen LogP contribution in [0, 0.1) is 0 Å². The van der Waals surface area contributed by atoms with Crippen LogP contribution in [0.5, 0.6) is 17.2 Å². The van der Waals surface area contributed by atoms with E-state index in [0.29, 0.717) is 37.8 Å². The van der Waals surface area contributed by atoms with Gasteiger partial charge in [0.1, 0.15) is 19.0 Å². The first-order valence-corrected chi connectivity index (χ1v) is 12.2. The second kappa shape index (κ2) is 11.5. The van der Waals surface area contributed by atoms with Crippen molar-refractivity contribution in [1.82, 2.24) is 4.90 Å². The van der Waals surface area contributed by atoms with Gasteiger partial charge in [0, 0.05) is 15.6 Å². The molecule has 0 saturated carbocycles. The van der Waals surface area contributed by atoms with Crippen LogP contribution in [0.15, 0.2) is 71.6 Å². The van der Waals surface area contributed by atoms with Gasteiger partial charge in [0.25, 0.3) is 11.1 Å². The zero-order chi connectivity index (χ0) is 24.8. The fourth-order valence-electron chi connectivity index (χ4n) is 3.36. The van der Waals surface area contributed by atoms with Crippen molar-refractivity contribution in [3.63, 3.8) is 0 Å². The van der Waals surface area contributed by atoms with E-state index in [1.54, 1.807) is 61.7 Å². The van der Waals surface area contributed by atoms with Gasteiger partial charge in [-0.05, 0) is 65.9 Å². The highest BCUT2D eigenvalue weighted by atomic mass is 35.5. The molecule has 180 valence electrons. The third kappa shape index (κ3) is 6.31. The number of rotatable bonds is 9. The van der Waals surface area contributed by atoms with E-state index in [9.17, 15) is 9.59 Å². The topological polar surface area (TPSA) is 65.1 Å². The molecule has 0 N–H and O–H groups in total. The molecule has 2 amide bonds. The molecule has 1 heterocycles. The lowest BCUT2D eigenvalue weighted by molar-refractivity contribution is -0.123. The maximum absolute atomic E-state index is 12.9. The highest BCUT2D eigenvalue weighted by Gasteiger charge is 2.35. The largest absolute Gasteiger partial charge is 0.493 e. The summed E-state index contributed by atoms with van der Waals surface area (Å²) in [5.74, 6) is 1.20. The summed E-state index contributed by atoms with van der Waals surface area (Å²) in [7, 11) is 1.54. The molecule has 35 heavy (non-hydrogen) atoms. The van der Waals surface area contributed by atoms with Crippen molar-refractivity contribution in [2.24, 2.45) is 0 Å². The molecule has 0 radical (unpaired) electrons. The summed E-state index contributed by atoms with van der Waals surface area (Å²) in [6, 6.07) is 19.6. The maximum atomic E-state index is 12.9. The standard InChI is InChI=1S/C26H21Cl2NO5S/c1-32-22-7-3-5-18(24(22)34-16-17-4-2-6-20(28)14-17)15-23-25(30)29(26(31)35-23)12-13-33-21-10-8-19(27)9-11-21/h2-11,14-15H,12-13,16H2,1H3/b23-15-. The quantitative estimate of drug-likeness (QED) is 0.287. The van der Waals surface area contributed by atoms with Gasteiger partial charge in [-0.25, -0.2) is 0 Å². The molecule has 0 spiro atoms. The van der Waals surface area contributed by atoms with Gasteiger partial charge in [0.15, 0.2) is 11.5 Å². The van der Waals surface area contributed by atoms with Crippen LogP contribution in [0.3, 0.4) is 0 Å². The van der Waals surface area contributed by atoms with Gasteiger partial charge in [-0.1, -0.05) is 47.5 Å². The first-order valence-electron chi connectivity index (χ1n) is 10.6. The third-order valence-corrected chi connectivity index (χ3v) is 6.45. The number of thioether (sulfide) groups is 1. The highest BCUT2D eigenvalue weighted by Crippen LogP contribution is 2.37. The number of carbonyl (C=O) groups excluding carboxylic acids is 2. The number of ether oxygens (including phenoxy) is 3. The fourth-order valence-corrected chi connectivity index (χ4v) is 4.56. The number of halogens is 2. The highest BCUT2D eigenvalue weighted by molar-refractivity contribution is 8.18. The molecule has 1 fully saturated rings. The second-order valence-electron chi connectivity index (χ2n) is 7.43. The number of para-hydroxylation sites is 1. The Balaban J connectivity index is 1.47. The number of nitrogens with zero attached hydrogens (tertiary/aromatic N) is 1. The molecule has 3 aromatic rings. The first-order chi connectivity index (χ1) is 16.9. The van der Waals surface area contributed by atoms with Gasteiger partial charge >= 0.3 is 0 Å². The van der Waals surface area contributed by atoms with Crippen LogP contribution in [0.4, 0.5) is 4.79 Å². The Kier molecular flexibility index (Phi) is 8.23. The Bertz CT molecular complexity index is 1260. The van der Waals surface area contributed by atoms with E-state index in [1.165, 1.54) is 4.90 Å². The zero-order valence-electron chi connectivity index (χ0n) is 18.7. The molecule has 1 saturated heterocycles. The summed E-state index contributed by atoms with van der Waals surface area (Å²) >= 11 is 12.8. The van der Waals surface area contributed by atoms with Gasteiger partial charge in [-0.3, -0.25) is 14.5 Å². The van der Waals surface area contributed by atoms with Crippen LogP contribution < -0.4 is 14.2 Å². The number of hydrogen-bond donors (Lipinski definition) is 0. The molecule has 0 aliphatic carbocycles. The Hall–Kier alpha value is -3.13. The predicted molar refractivity (Wildman–Crippen MR) is 138 cm³/mol. The lowest BCUT2D eigenvalue weighted by Crippen LogP contribution is -2.32. The molecule has 6 nitrogen and oxygen atoms in total. The van der Waals surface area contributed by atoms with Crippen molar-refractivity contribution < 1.29 is 23.8 Å². The van der Waals surface area contributed by atoms with Crippen LogP contribution >= 0.6 is 35.0 Å². The zero-order valence-corrected chi connectivity index (χ0v) is 21.0. The van der Waals surface area contributed by atoms with Crippen LogP contribution in [-0.2, 0) is 11.4 Å². The smallest absolute Gasteiger partial charge is 0.293 e. The number of carbonyl (C=O) groups is 2. The SMILES string of the molecule is COc1cccc(/C=C2\SC(=O)N(CCOc3ccc(Cl)cc3)C2=O)c1OCc1cccc(Cl)c1. The molecule has 0 aromatic heterocycles. The number of hydrogen-bond acceptors (Lipinski definition) is 6. The van der Waals surface area contributed by atoms with Crippen molar-refractivity contribution in [2.75, 3.05) is 20.3 Å². The van der Waals surface area contributed by atoms with Crippen LogP contribution in [0.2, 0.25) is 10.0 Å². The predicted octanol–water partition coefficient (Wildman–Crippen LogP) is 6.70. The summed E-state index contributed by atoms with van der Waals surface area (Å²) in [6.07, 6.45) is 1.64. The summed E-state index contributed by atoms with van der Waals surface area (Å²) in [4.78, 5) is 26.9. The minimum atomic E-state index is -0.386. The molecular weight excluding hydrogens is 509 g/mol. The van der Waals surface area contributed by atoms with E-state index in [1.807, 2.05) is 18.2 Å². The Morgan fingerprint density at radius 3 is 2.46 bits per heavy atom. The third-order valence-electron chi connectivity index (χ3n) is 5.06. The van der Waals surface area contributed by atoms with Crippen molar-refractivity contribution in [1.29, 1.82) is 0 Å². The maximum Gasteiger partial charge on any atom is 0.293 e. The fraction of sp³-hybridized carbons (Fsp3) is 0.154. The van der Waals surface area contributed by atoms with E-state index in [2.05, 4.69) is 0 Å². The molecular formula is C26H21Cl2NO5S. The van der Waals surface area contributed by atoms with Gasteiger partial charge in [0.05, 0.1) is 18.6 Å². The molecule has 3 aromatic carbocycles. The first kappa shape index (κ1) is 25.0. The van der Waals surface area contributed by atoms with E-state index in [4.69, 9.17) is 37.4 Å². The average molecular weight is 530 g/mol. The Morgan fingerprint density at radius 1 is 0.943 bits per heavy atom. The monoisotopic (exact) mass is 529 g/mol. The second-order valence-corrected chi connectivity index (χ2v) is 9.30. The van der Waals surface area contributed by atoms with E-state index in [-0.39, 0.29) is 30.9 Å². The summed E-state index contributed by atoms with van der Waals surface area (Å²) in [6.45, 7) is 0.548. The van der Waals surface area contributed by atoms with Crippen molar-refractivity contribution in [3.05, 3.63) is 92.8 Å². The molecule has 1 aliphatic rings. The number of benzene rings is 3. The number of amides is 2. The van der Waals surface area contributed by atoms with Crippen molar-refractivity contribution in [2.45, 2.75) is 6.61 Å². The van der Waals surface area contributed by atoms with Crippen molar-refractivity contribution >= 4 is 52.2 Å². The normalized spacial score (nSPS) is 14.5. The van der Waals surface area contributed by atoms with Gasteiger partial charge in [0.2, 0.25) is 0 Å². The Morgan fingerprint density at radius 2 is 1.71 bits per heavy atom. The molecule has 0 unspecified atom stereocenters. The molecule has 0 bridgehead atoms. The molecule has 4 rings (SSSR count).